The van der Waals surface area contributed by atoms with Crippen molar-refractivity contribution in [3.63, 3.8) is 0 Å². The Morgan fingerprint density at radius 3 is 2.80 bits per heavy atom. The molecule has 1 aromatic rings. The molecule has 1 rings (SSSR count). The highest BCUT2D eigenvalue weighted by atomic mass is 32.1. The molecule has 0 radical (unpaired) electrons. The Labute approximate surface area is 126 Å². The maximum absolute atomic E-state index is 9.76. The van der Waals surface area contributed by atoms with Gasteiger partial charge in [-0.05, 0) is 30.4 Å². The van der Waals surface area contributed by atoms with Crippen LogP contribution in [0.1, 0.15) is 30.2 Å². The molecule has 0 saturated heterocycles. The third-order valence-corrected chi connectivity index (χ3v) is 3.98. The summed E-state index contributed by atoms with van der Waals surface area (Å²) in [5.74, 6) is 0. The van der Waals surface area contributed by atoms with Gasteiger partial charge in [-0.25, -0.2) is 0 Å². The molecule has 0 bridgehead atoms. The molecule has 1 heterocycles. The van der Waals surface area contributed by atoms with E-state index in [1.807, 2.05) is 0 Å². The lowest BCUT2D eigenvalue weighted by Gasteiger charge is -2.12. The van der Waals surface area contributed by atoms with E-state index in [0.29, 0.717) is 26.4 Å². The minimum Gasteiger partial charge on any atom is -0.389 e. The predicted molar refractivity (Wildman–Crippen MR) is 83.3 cm³/mol. The number of aliphatic hydroxyl groups excluding tert-OH is 1. The molecule has 5 heteroatoms. The Balaban J connectivity index is 1.93. The highest BCUT2D eigenvalue weighted by Gasteiger charge is 2.05. The van der Waals surface area contributed by atoms with Crippen molar-refractivity contribution in [3.05, 3.63) is 21.9 Å². The van der Waals surface area contributed by atoms with Gasteiger partial charge in [-0.2, -0.15) is 0 Å². The van der Waals surface area contributed by atoms with Crippen LogP contribution in [-0.2, 0) is 16.0 Å². The summed E-state index contributed by atoms with van der Waals surface area (Å²) in [6.45, 7) is 7.90. The lowest BCUT2D eigenvalue weighted by molar-refractivity contribution is 0.00386. The lowest BCUT2D eigenvalue weighted by atomic mass is 10.3. The molecule has 0 spiro atoms. The maximum atomic E-state index is 9.76. The SMILES string of the molecule is CCCCOCCOCC(O)CNCc1sccc1C. The molecular weight excluding hydrogens is 274 g/mol. The van der Waals surface area contributed by atoms with E-state index in [4.69, 9.17) is 9.47 Å². The normalized spacial score (nSPS) is 12.8. The molecule has 0 aliphatic heterocycles. The minimum atomic E-state index is -0.467. The van der Waals surface area contributed by atoms with E-state index in [-0.39, 0.29) is 0 Å². The highest BCUT2D eigenvalue weighted by Crippen LogP contribution is 2.14. The summed E-state index contributed by atoms with van der Waals surface area (Å²) in [5, 5.41) is 15.1. The first-order valence-electron chi connectivity index (χ1n) is 7.31. The van der Waals surface area contributed by atoms with Crippen molar-refractivity contribution in [3.8, 4) is 0 Å². The van der Waals surface area contributed by atoms with Crippen molar-refractivity contribution in [1.82, 2.24) is 5.32 Å². The van der Waals surface area contributed by atoms with E-state index < -0.39 is 6.10 Å². The van der Waals surface area contributed by atoms with Crippen LogP contribution in [0.3, 0.4) is 0 Å². The van der Waals surface area contributed by atoms with Gasteiger partial charge < -0.3 is 19.9 Å². The quantitative estimate of drug-likeness (QED) is 0.582. The number of unbranched alkanes of at least 4 members (excludes halogenated alkanes) is 1. The van der Waals surface area contributed by atoms with Gasteiger partial charge in [0.25, 0.3) is 0 Å². The van der Waals surface area contributed by atoms with Gasteiger partial charge in [0.05, 0.1) is 25.9 Å². The summed E-state index contributed by atoms with van der Waals surface area (Å²) in [5.41, 5.74) is 1.30. The first kappa shape index (κ1) is 17.6. The van der Waals surface area contributed by atoms with Crippen LogP contribution in [0.4, 0.5) is 0 Å². The Hall–Kier alpha value is -0.460. The average molecular weight is 301 g/mol. The van der Waals surface area contributed by atoms with Gasteiger partial charge >= 0.3 is 0 Å². The predicted octanol–water partition coefficient (Wildman–Crippen LogP) is 2.34. The van der Waals surface area contributed by atoms with Gasteiger partial charge in [0, 0.05) is 24.6 Å². The zero-order valence-corrected chi connectivity index (χ0v) is 13.4. The zero-order valence-electron chi connectivity index (χ0n) is 12.6. The van der Waals surface area contributed by atoms with E-state index in [9.17, 15) is 5.11 Å². The smallest absolute Gasteiger partial charge is 0.0897 e. The van der Waals surface area contributed by atoms with Crippen LogP contribution in [0.5, 0.6) is 0 Å². The molecule has 0 aliphatic carbocycles. The van der Waals surface area contributed by atoms with Crippen molar-refractivity contribution < 1.29 is 14.6 Å². The van der Waals surface area contributed by atoms with Gasteiger partial charge in [-0.3, -0.25) is 0 Å². The van der Waals surface area contributed by atoms with Crippen molar-refractivity contribution in [2.24, 2.45) is 0 Å². The van der Waals surface area contributed by atoms with Crippen LogP contribution in [0.15, 0.2) is 11.4 Å². The largest absolute Gasteiger partial charge is 0.389 e. The van der Waals surface area contributed by atoms with Crippen LogP contribution in [0, 0.1) is 6.92 Å². The second-order valence-corrected chi connectivity index (χ2v) is 5.85. The monoisotopic (exact) mass is 301 g/mol. The topological polar surface area (TPSA) is 50.7 Å². The molecular formula is C15H27NO3S. The molecule has 20 heavy (non-hydrogen) atoms. The van der Waals surface area contributed by atoms with Crippen molar-refractivity contribution in [1.29, 1.82) is 0 Å². The van der Waals surface area contributed by atoms with Crippen molar-refractivity contribution in [2.75, 3.05) is 33.0 Å². The Morgan fingerprint density at radius 1 is 1.30 bits per heavy atom. The number of thiophene rings is 1. The summed E-state index contributed by atoms with van der Waals surface area (Å²) in [7, 11) is 0. The number of nitrogens with one attached hydrogen (secondary N) is 1. The maximum Gasteiger partial charge on any atom is 0.0897 e. The summed E-state index contributed by atoms with van der Waals surface area (Å²) in [6.07, 6.45) is 1.77. The average Bonchev–Trinajstić information content (AvgIpc) is 2.83. The van der Waals surface area contributed by atoms with Crippen LogP contribution in [0.25, 0.3) is 0 Å². The second kappa shape index (κ2) is 11.2. The standard InChI is InChI=1S/C15H27NO3S/c1-3-4-6-18-7-8-19-12-14(17)10-16-11-15-13(2)5-9-20-15/h5,9,14,16-17H,3-4,6-8,10-12H2,1-2H3. The molecule has 0 amide bonds. The van der Waals surface area contributed by atoms with E-state index in [1.165, 1.54) is 10.4 Å². The van der Waals surface area contributed by atoms with Crippen molar-refractivity contribution >= 4 is 11.3 Å². The number of aliphatic hydroxyl groups is 1. The first-order chi connectivity index (χ1) is 9.74. The van der Waals surface area contributed by atoms with Crippen LogP contribution in [0.2, 0.25) is 0 Å². The fraction of sp³-hybridized carbons (Fsp3) is 0.733. The van der Waals surface area contributed by atoms with Crippen LogP contribution >= 0.6 is 11.3 Å². The van der Waals surface area contributed by atoms with Gasteiger partial charge in [0.2, 0.25) is 0 Å². The van der Waals surface area contributed by atoms with E-state index in [2.05, 4.69) is 30.6 Å². The lowest BCUT2D eigenvalue weighted by Crippen LogP contribution is -2.30. The molecule has 1 aromatic heterocycles. The molecule has 1 unspecified atom stereocenters. The number of aryl methyl sites for hydroxylation is 1. The minimum absolute atomic E-state index is 0.355. The number of rotatable bonds is 12. The molecule has 1 atom stereocenters. The summed E-state index contributed by atoms with van der Waals surface area (Å²) >= 11 is 1.74. The summed E-state index contributed by atoms with van der Waals surface area (Å²) < 4.78 is 10.8. The fourth-order valence-corrected chi connectivity index (χ4v) is 2.56. The molecule has 0 fully saturated rings. The van der Waals surface area contributed by atoms with E-state index >= 15 is 0 Å². The highest BCUT2D eigenvalue weighted by molar-refractivity contribution is 7.10. The summed E-state index contributed by atoms with van der Waals surface area (Å²) in [4.78, 5) is 1.32. The van der Waals surface area contributed by atoms with E-state index in [0.717, 1.165) is 26.0 Å². The molecule has 2 N–H and O–H groups in total. The summed E-state index contributed by atoms with van der Waals surface area (Å²) in [6, 6.07) is 2.11. The molecule has 0 aliphatic rings. The van der Waals surface area contributed by atoms with Crippen LogP contribution < -0.4 is 5.32 Å². The van der Waals surface area contributed by atoms with Gasteiger partial charge in [0.15, 0.2) is 0 Å². The third kappa shape index (κ3) is 7.97. The van der Waals surface area contributed by atoms with E-state index in [1.54, 1.807) is 11.3 Å². The first-order valence-corrected chi connectivity index (χ1v) is 8.19. The number of ether oxygens (including phenoxy) is 2. The number of hydrogen-bond acceptors (Lipinski definition) is 5. The van der Waals surface area contributed by atoms with Crippen LogP contribution in [-0.4, -0.2) is 44.2 Å². The fourth-order valence-electron chi connectivity index (χ4n) is 1.68. The van der Waals surface area contributed by atoms with Crippen molar-refractivity contribution in [2.45, 2.75) is 39.3 Å². The molecule has 116 valence electrons. The van der Waals surface area contributed by atoms with Gasteiger partial charge in [-0.1, -0.05) is 13.3 Å². The zero-order chi connectivity index (χ0) is 14.6. The van der Waals surface area contributed by atoms with Gasteiger partial charge in [-0.15, -0.1) is 11.3 Å². The van der Waals surface area contributed by atoms with Gasteiger partial charge in [0.1, 0.15) is 0 Å². The third-order valence-electron chi connectivity index (χ3n) is 2.96. The molecule has 0 aromatic carbocycles. The Bertz CT molecular complexity index is 344. The second-order valence-electron chi connectivity index (χ2n) is 4.85. The number of hydrogen-bond donors (Lipinski definition) is 2. The Morgan fingerprint density at radius 2 is 2.10 bits per heavy atom. The Kier molecular flexibility index (Phi) is 9.87. The molecule has 0 saturated carbocycles. The molecule has 4 nitrogen and oxygen atoms in total.